The first-order valence-corrected chi connectivity index (χ1v) is 6.25. The Labute approximate surface area is 115 Å². The molecule has 0 aliphatic heterocycles. The molecule has 106 valence electrons. The van der Waals surface area contributed by atoms with Crippen LogP contribution in [0.25, 0.3) is 0 Å². The summed E-state index contributed by atoms with van der Waals surface area (Å²) < 4.78 is 5.13. The van der Waals surface area contributed by atoms with Crippen molar-refractivity contribution in [3.8, 4) is 0 Å². The van der Waals surface area contributed by atoms with Crippen LogP contribution in [0.1, 0.15) is 40.0 Å². The molecule has 0 atom stereocenters. The first-order chi connectivity index (χ1) is 8.99. The van der Waals surface area contributed by atoms with Crippen LogP contribution in [0.3, 0.4) is 0 Å². The Morgan fingerprint density at radius 2 is 1.95 bits per heavy atom. The van der Waals surface area contributed by atoms with Crippen molar-refractivity contribution in [2.45, 2.75) is 40.0 Å². The van der Waals surface area contributed by atoms with Crippen molar-refractivity contribution in [3.63, 3.8) is 0 Å². The van der Waals surface area contributed by atoms with E-state index in [2.05, 4.69) is 9.98 Å². The van der Waals surface area contributed by atoms with Gasteiger partial charge in [-0.05, 0) is 26.0 Å². The van der Waals surface area contributed by atoms with Crippen LogP contribution in [-0.2, 0) is 9.53 Å². The molecule has 0 saturated heterocycles. The van der Waals surface area contributed by atoms with Gasteiger partial charge in [0.1, 0.15) is 18.0 Å². The van der Waals surface area contributed by atoms with E-state index in [4.69, 9.17) is 10.5 Å². The van der Waals surface area contributed by atoms with Crippen molar-refractivity contribution in [3.05, 3.63) is 23.6 Å². The maximum atomic E-state index is 10.8. The lowest BCUT2D eigenvalue weighted by Crippen LogP contribution is -2.12. The molecule has 0 fully saturated rings. The highest BCUT2D eigenvalue weighted by molar-refractivity contribution is 5.90. The van der Waals surface area contributed by atoms with E-state index in [1.54, 1.807) is 7.11 Å². The summed E-state index contributed by atoms with van der Waals surface area (Å²) in [6.45, 7) is 5.40. The van der Waals surface area contributed by atoms with E-state index in [9.17, 15) is 4.79 Å². The number of aliphatic imine (C=N–C) groups is 2. The van der Waals surface area contributed by atoms with Crippen LogP contribution in [0.2, 0.25) is 0 Å². The first-order valence-electron chi connectivity index (χ1n) is 6.25. The van der Waals surface area contributed by atoms with E-state index in [1.165, 1.54) is 13.3 Å². The molecule has 2 N–H and O–H groups in total. The van der Waals surface area contributed by atoms with Gasteiger partial charge in [0.25, 0.3) is 0 Å². The second-order valence-corrected chi connectivity index (χ2v) is 4.07. The second-order valence-electron chi connectivity index (χ2n) is 4.07. The third-order valence-electron chi connectivity index (χ3n) is 2.34. The maximum absolute atomic E-state index is 10.8. The Balaban J connectivity index is 4.39. The molecule has 0 aliphatic rings. The summed E-state index contributed by atoms with van der Waals surface area (Å²) in [4.78, 5) is 18.8. The molecule has 0 saturated carbocycles. The molecule has 19 heavy (non-hydrogen) atoms. The Morgan fingerprint density at radius 1 is 1.26 bits per heavy atom. The Kier molecular flexibility index (Phi) is 9.04. The predicted molar refractivity (Wildman–Crippen MR) is 79.2 cm³/mol. The van der Waals surface area contributed by atoms with E-state index in [1.807, 2.05) is 26.0 Å². The highest BCUT2D eigenvalue weighted by atomic mass is 16.5. The monoisotopic (exact) mass is 265 g/mol. The number of Topliss-reactive ketones (excluding diaryl/α,β-unsaturated/α-hetero) is 1. The number of hydrogen-bond donors (Lipinski definition) is 1. The molecule has 0 aromatic carbocycles. The van der Waals surface area contributed by atoms with Gasteiger partial charge in [-0.1, -0.05) is 6.92 Å². The van der Waals surface area contributed by atoms with Gasteiger partial charge < -0.3 is 15.3 Å². The Hall–Kier alpha value is -1.91. The summed E-state index contributed by atoms with van der Waals surface area (Å²) in [5.41, 5.74) is 6.43. The molecular formula is C14H23N3O2. The van der Waals surface area contributed by atoms with Crippen molar-refractivity contribution in [2.24, 2.45) is 15.7 Å². The van der Waals surface area contributed by atoms with E-state index in [0.717, 1.165) is 17.9 Å². The average molecular weight is 265 g/mol. The quantitative estimate of drug-likeness (QED) is 0.317. The summed E-state index contributed by atoms with van der Waals surface area (Å²) in [5, 5.41) is 0. The summed E-state index contributed by atoms with van der Waals surface area (Å²) in [6, 6.07) is 0. The minimum Gasteiger partial charge on any atom is -0.501 e. The normalized spacial score (nSPS) is 14.0. The topological polar surface area (TPSA) is 77.0 Å². The summed E-state index contributed by atoms with van der Waals surface area (Å²) in [5.74, 6) is 1.40. The smallest absolute Gasteiger partial charge is 0.130 e. The van der Waals surface area contributed by atoms with Crippen LogP contribution in [-0.4, -0.2) is 25.1 Å². The van der Waals surface area contributed by atoms with E-state index < -0.39 is 0 Å². The predicted octanol–water partition coefficient (Wildman–Crippen LogP) is 2.59. The van der Waals surface area contributed by atoms with Crippen LogP contribution in [0.15, 0.2) is 33.6 Å². The number of hydrogen-bond acceptors (Lipinski definition) is 3. The van der Waals surface area contributed by atoms with Crippen LogP contribution in [0.4, 0.5) is 0 Å². The standard InChI is InChI=1S/C14H23N3O2/c1-5-13(19-4)8-6-11(2)16-10-17-14(15)9-7-12(3)18/h6,8,10H,5,7,9H2,1-4H3,(H2,15,16,17)/b11-6+,13-8+. The molecule has 0 unspecified atom stereocenters. The van der Waals surface area contributed by atoms with Crippen molar-refractivity contribution in [2.75, 3.05) is 7.11 Å². The highest BCUT2D eigenvalue weighted by Crippen LogP contribution is 2.03. The molecule has 0 amide bonds. The molecule has 0 aliphatic carbocycles. The van der Waals surface area contributed by atoms with Gasteiger partial charge in [0.2, 0.25) is 0 Å². The SMILES string of the molecule is CC/C(=C\C=C(/C)N=CN=C(N)CCC(C)=O)OC. The van der Waals surface area contributed by atoms with E-state index in [0.29, 0.717) is 18.7 Å². The number of nitrogens with zero attached hydrogens (tertiary/aromatic N) is 2. The molecule has 5 heteroatoms. The van der Waals surface area contributed by atoms with Gasteiger partial charge >= 0.3 is 0 Å². The molecular weight excluding hydrogens is 242 g/mol. The minimum atomic E-state index is 0.1000. The average Bonchev–Trinajstić information content (AvgIpc) is 2.37. The van der Waals surface area contributed by atoms with E-state index in [-0.39, 0.29) is 5.78 Å². The van der Waals surface area contributed by atoms with Crippen molar-refractivity contribution in [1.82, 2.24) is 0 Å². The van der Waals surface area contributed by atoms with Crippen molar-refractivity contribution < 1.29 is 9.53 Å². The van der Waals surface area contributed by atoms with Crippen LogP contribution < -0.4 is 5.73 Å². The van der Waals surface area contributed by atoms with Gasteiger partial charge in [-0.25, -0.2) is 9.98 Å². The van der Waals surface area contributed by atoms with Gasteiger partial charge in [0.05, 0.1) is 12.9 Å². The zero-order chi connectivity index (χ0) is 14.7. The summed E-state index contributed by atoms with van der Waals surface area (Å²) in [6.07, 6.45) is 6.82. The van der Waals surface area contributed by atoms with Crippen LogP contribution in [0.5, 0.6) is 0 Å². The number of allylic oxidation sites excluding steroid dienone is 4. The maximum Gasteiger partial charge on any atom is 0.130 e. The number of ether oxygens (including phenoxy) is 1. The van der Waals surface area contributed by atoms with Crippen LogP contribution in [0, 0.1) is 0 Å². The van der Waals surface area contributed by atoms with Gasteiger partial charge in [-0.2, -0.15) is 0 Å². The molecule has 0 radical (unpaired) electrons. The van der Waals surface area contributed by atoms with Gasteiger partial charge in [-0.15, -0.1) is 0 Å². The van der Waals surface area contributed by atoms with Gasteiger partial charge in [0, 0.05) is 25.0 Å². The van der Waals surface area contributed by atoms with Crippen molar-refractivity contribution >= 4 is 18.0 Å². The van der Waals surface area contributed by atoms with Crippen molar-refractivity contribution in [1.29, 1.82) is 0 Å². The molecule has 0 rings (SSSR count). The summed E-state index contributed by atoms with van der Waals surface area (Å²) >= 11 is 0. The zero-order valence-electron chi connectivity index (χ0n) is 12.1. The Bertz CT molecular complexity index is 401. The number of amidine groups is 1. The fraction of sp³-hybridized carbons (Fsp3) is 0.500. The molecule has 0 aromatic rings. The molecule has 0 aromatic heterocycles. The number of ketones is 1. The lowest BCUT2D eigenvalue weighted by atomic mass is 10.2. The summed E-state index contributed by atoms with van der Waals surface area (Å²) in [7, 11) is 1.64. The molecule has 0 heterocycles. The first kappa shape index (κ1) is 17.1. The van der Waals surface area contributed by atoms with Crippen LogP contribution >= 0.6 is 0 Å². The number of nitrogens with two attached hydrogens (primary N) is 1. The second kappa shape index (κ2) is 10.1. The van der Waals surface area contributed by atoms with E-state index >= 15 is 0 Å². The third kappa shape index (κ3) is 9.76. The number of methoxy groups -OCH3 is 1. The van der Waals surface area contributed by atoms with Gasteiger partial charge in [-0.3, -0.25) is 0 Å². The lowest BCUT2D eigenvalue weighted by molar-refractivity contribution is -0.116. The number of carbonyl (C=O) groups is 1. The Morgan fingerprint density at radius 3 is 2.47 bits per heavy atom. The molecule has 0 spiro atoms. The van der Waals surface area contributed by atoms with Gasteiger partial charge in [0.15, 0.2) is 0 Å². The largest absolute Gasteiger partial charge is 0.501 e. The molecule has 0 bridgehead atoms. The highest BCUT2D eigenvalue weighted by Gasteiger charge is 1.95. The lowest BCUT2D eigenvalue weighted by Gasteiger charge is -1.99. The third-order valence-corrected chi connectivity index (χ3v) is 2.34. The number of carbonyl (C=O) groups excluding carboxylic acids is 1. The minimum absolute atomic E-state index is 0.1000. The number of rotatable bonds is 8. The zero-order valence-corrected chi connectivity index (χ0v) is 12.1. The molecule has 5 nitrogen and oxygen atoms in total. The fourth-order valence-electron chi connectivity index (χ4n) is 1.15. The fourth-order valence-corrected chi connectivity index (χ4v) is 1.15.